The van der Waals surface area contributed by atoms with Gasteiger partial charge in [-0.05, 0) is 73.4 Å². The van der Waals surface area contributed by atoms with Gasteiger partial charge in [0.05, 0.1) is 16.8 Å². The molecule has 1 aliphatic heterocycles. The Morgan fingerprint density at radius 1 is 0.909 bits per heavy atom. The number of nitrogens with two attached hydrogens (primary N) is 1. The highest BCUT2D eigenvalue weighted by Gasteiger charge is 2.52. The summed E-state index contributed by atoms with van der Waals surface area (Å²) in [7, 11) is -2.69. The second-order valence-corrected chi connectivity index (χ2v) is 16.9. The van der Waals surface area contributed by atoms with Gasteiger partial charge in [-0.25, -0.2) is 4.39 Å². The van der Waals surface area contributed by atoms with E-state index >= 15 is 4.39 Å². The van der Waals surface area contributed by atoms with Gasteiger partial charge in [0, 0.05) is 11.1 Å². The molecule has 0 aliphatic carbocycles. The van der Waals surface area contributed by atoms with E-state index in [0.717, 1.165) is 16.2 Å². The summed E-state index contributed by atoms with van der Waals surface area (Å²) in [5, 5.41) is 1.57. The van der Waals surface area contributed by atoms with Crippen LogP contribution < -0.4 is 11.2 Å². The van der Waals surface area contributed by atoms with Crippen LogP contribution in [0.25, 0.3) is 10.8 Å². The Hall–Kier alpha value is -1.81. The van der Waals surface area contributed by atoms with Crippen LogP contribution in [-0.4, -0.2) is 26.4 Å². The quantitative estimate of drug-likeness (QED) is 0.320. The van der Waals surface area contributed by atoms with Crippen molar-refractivity contribution in [1.82, 2.24) is 0 Å². The Labute approximate surface area is 200 Å². The normalized spacial score (nSPS) is 17.8. The summed E-state index contributed by atoms with van der Waals surface area (Å²) in [4.78, 5) is 0. The average Bonchev–Trinajstić information content (AvgIpc) is 2.89. The van der Waals surface area contributed by atoms with E-state index in [0.29, 0.717) is 27.9 Å². The van der Waals surface area contributed by atoms with Gasteiger partial charge < -0.3 is 15.0 Å². The first kappa shape index (κ1) is 25.8. The van der Waals surface area contributed by atoms with Gasteiger partial charge in [0.2, 0.25) is 0 Å². The van der Waals surface area contributed by atoms with Gasteiger partial charge in [-0.3, -0.25) is 0 Å². The van der Waals surface area contributed by atoms with Gasteiger partial charge in [0.15, 0.2) is 0 Å². The second-order valence-electron chi connectivity index (χ2n) is 11.4. The van der Waals surface area contributed by atoms with Crippen molar-refractivity contribution in [2.24, 2.45) is 0 Å². The molecule has 1 heterocycles. The van der Waals surface area contributed by atoms with E-state index in [1.54, 1.807) is 6.07 Å². The van der Waals surface area contributed by atoms with Crippen LogP contribution in [0.2, 0.25) is 16.6 Å². The van der Waals surface area contributed by atoms with Crippen molar-refractivity contribution >= 4 is 37.1 Å². The van der Waals surface area contributed by atoms with Crippen LogP contribution in [0.3, 0.4) is 0 Å². The minimum Gasteiger partial charge on any atom is -0.399 e. The Balaban J connectivity index is 2.30. The molecule has 0 amide bonds. The van der Waals surface area contributed by atoms with E-state index in [1.807, 2.05) is 39.8 Å². The minimum atomic E-state index is -2.04. The van der Waals surface area contributed by atoms with Crippen molar-refractivity contribution in [3.63, 3.8) is 0 Å². The molecule has 0 atom stereocenters. The highest BCUT2D eigenvalue weighted by molar-refractivity contribution is 6.90. The lowest BCUT2D eigenvalue weighted by molar-refractivity contribution is 0.00578. The van der Waals surface area contributed by atoms with Crippen molar-refractivity contribution in [2.45, 2.75) is 97.1 Å². The molecule has 1 saturated heterocycles. The first-order chi connectivity index (χ1) is 15.1. The number of hydrogen-bond acceptors (Lipinski definition) is 3. The maximum absolute atomic E-state index is 15.4. The molecular formula is C27H39BFNO2Si. The summed E-state index contributed by atoms with van der Waals surface area (Å²) in [5.41, 5.74) is 12.0. The van der Waals surface area contributed by atoms with Crippen molar-refractivity contribution in [1.29, 1.82) is 0 Å². The predicted molar refractivity (Wildman–Crippen MR) is 142 cm³/mol. The van der Waals surface area contributed by atoms with Crippen molar-refractivity contribution in [3.05, 3.63) is 35.6 Å². The molecule has 0 saturated carbocycles. The molecule has 33 heavy (non-hydrogen) atoms. The molecule has 0 unspecified atom stereocenters. The maximum Gasteiger partial charge on any atom is 0.495 e. The molecule has 2 aromatic rings. The second kappa shape index (κ2) is 8.76. The molecule has 2 N–H and O–H groups in total. The number of halogens is 1. The molecule has 0 bridgehead atoms. The Morgan fingerprint density at radius 3 is 1.91 bits per heavy atom. The summed E-state index contributed by atoms with van der Waals surface area (Å²) < 4.78 is 28.0. The smallest absolute Gasteiger partial charge is 0.399 e. The van der Waals surface area contributed by atoms with Gasteiger partial charge in [-0.15, -0.1) is 5.54 Å². The maximum atomic E-state index is 15.4. The number of nitrogen functional groups attached to an aromatic ring is 1. The zero-order chi connectivity index (χ0) is 24.9. The monoisotopic (exact) mass is 467 g/mol. The number of fused-ring (bicyclic) bond motifs is 1. The standard InChI is InChI=1S/C27H39BFNO2Si/c1-17(2)33(18(3)4,19(5)6)14-13-22-24(29)12-11-20-15-21(30)16-23(25(20)22)28-31-26(7,8)27(9,10)32-28/h11-12,15-19H,30H2,1-10H3. The van der Waals surface area contributed by atoms with Crippen molar-refractivity contribution < 1.29 is 13.7 Å². The topological polar surface area (TPSA) is 44.5 Å². The highest BCUT2D eigenvalue weighted by atomic mass is 28.3. The fourth-order valence-corrected chi connectivity index (χ4v) is 10.6. The molecule has 3 rings (SSSR count). The van der Waals surface area contributed by atoms with Gasteiger partial charge >= 0.3 is 7.12 Å². The van der Waals surface area contributed by atoms with Crippen molar-refractivity contribution in [3.8, 4) is 11.5 Å². The molecular weight excluding hydrogens is 428 g/mol. The number of hydrogen-bond donors (Lipinski definition) is 1. The summed E-state index contributed by atoms with van der Waals surface area (Å²) in [6, 6.07) is 6.96. The molecule has 1 fully saturated rings. The fourth-order valence-electron chi connectivity index (χ4n) is 5.38. The average molecular weight is 468 g/mol. The Morgan fingerprint density at radius 2 is 1.42 bits per heavy atom. The lowest BCUT2D eigenvalue weighted by Gasteiger charge is -2.38. The van der Waals surface area contributed by atoms with Crippen molar-refractivity contribution in [2.75, 3.05) is 5.73 Å². The highest BCUT2D eigenvalue weighted by Crippen LogP contribution is 2.41. The molecule has 1 aliphatic rings. The van der Waals surface area contributed by atoms with Crippen LogP contribution in [0.1, 0.15) is 74.8 Å². The molecule has 6 heteroatoms. The number of anilines is 1. The third-order valence-corrected chi connectivity index (χ3v) is 14.2. The van der Waals surface area contributed by atoms with Gasteiger partial charge in [0.25, 0.3) is 0 Å². The van der Waals surface area contributed by atoms with E-state index in [2.05, 4.69) is 53.0 Å². The molecule has 2 aromatic carbocycles. The SMILES string of the molecule is CC(C)[Si](C#Cc1c(F)ccc2cc(N)cc(B3OC(C)(C)C(C)(C)O3)c12)(C(C)C)C(C)C. The molecule has 0 spiro atoms. The minimum absolute atomic E-state index is 0.322. The van der Waals surface area contributed by atoms with E-state index in [4.69, 9.17) is 15.0 Å². The third-order valence-electron chi connectivity index (χ3n) is 7.90. The molecule has 0 aromatic heterocycles. The van der Waals surface area contributed by atoms with Gasteiger partial charge in [-0.2, -0.15) is 0 Å². The van der Waals surface area contributed by atoms with Crippen LogP contribution >= 0.6 is 0 Å². The first-order valence-electron chi connectivity index (χ1n) is 12.0. The van der Waals surface area contributed by atoms with Crippen LogP contribution in [0.4, 0.5) is 10.1 Å². The van der Waals surface area contributed by atoms with E-state index < -0.39 is 26.4 Å². The first-order valence-corrected chi connectivity index (χ1v) is 14.3. The zero-order valence-corrected chi connectivity index (χ0v) is 22.9. The summed E-state index contributed by atoms with van der Waals surface area (Å²) in [6.45, 7) is 21.6. The van der Waals surface area contributed by atoms with Crippen LogP contribution in [0.15, 0.2) is 24.3 Å². The Bertz CT molecular complexity index is 1080. The molecule has 0 radical (unpaired) electrons. The van der Waals surface area contributed by atoms with Gasteiger partial charge in [-0.1, -0.05) is 53.5 Å². The number of rotatable bonds is 4. The third kappa shape index (κ3) is 4.36. The van der Waals surface area contributed by atoms with E-state index in [9.17, 15) is 0 Å². The molecule has 178 valence electrons. The lowest BCUT2D eigenvalue weighted by atomic mass is 9.74. The van der Waals surface area contributed by atoms with Crippen LogP contribution in [0, 0.1) is 17.3 Å². The van der Waals surface area contributed by atoms with Crippen LogP contribution in [0.5, 0.6) is 0 Å². The summed E-state index contributed by atoms with van der Waals surface area (Å²) in [5.74, 6) is 3.03. The Kier molecular flexibility index (Phi) is 6.85. The lowest BCUT2D eigenvalue weighted by Crippen LogP contribution is -2.43. The molecule has 3 nitrogen and oxygen atoms in total. The largest absolute Gasteiger partial charge is 0.495 e. The summed E-state index contributed by atoms with van der Waals surface area (Å²) in [6.07, 6.45) is 0. The van der Waals surface area contributed by atoms with Gasteiger partial charge in [0.1, 0.15) is 13.9 Å². The predicted octanol–water partition coefficient (Wildman–Crippen LogP) is 6.43. The summed E-state index contributed by atoms with van der Waals surface area (Å²) >= 11 is 0. The zero-order valence-electron chi connectivity index (χ0n) is 21.9. The van der Waals surface area contributed by atoms with E-state index in [-0.39, 0.29) is 5.82 Å². The fraction of sp³-hybridized carbons (Fsp3) is 0.556. The van der Waals surface area contributed by atoms with E-state index in [1.165, 1.54) is 6.07 Å². The van der Waals surface area contributed by atoms with Crippen LogP contribution in [-0.2, 0) is 9.31 Å². The number of benzene rings is 2.